The van der Waals surface area contributed by atoms with Crippen LogP contribution in [0.1, 0.15) is 16.7 Å². The van der Waals surface area contributed by atoms with Gasteiger partial charge in [0.25, 0.3) is 0 Å². The van der Waals surface area contributed by atoms with Crippen LogP contribution in [0.15, 0.2) is 104 Å². The molecular weight excluding hydrogens is 484 g/mol. The summed E-state index contributed by atoms with van der Waals surface area (Å²) in [5.74, 6) is 0. The van der Waals surface area contributed by atoms with Gasteiger partial charge in [-0.05, 0) is 16.7 Å². The Morgan fingerprint density at radius 3 is 1.63 bits per heavy atom. The zero-order chi connectivity index (χ0) is 26.6. The zero-order valence-corrected chi connectivity index (χ0v) is 21.4. The number of benzene rings is 3. The summed E-state index contributed by atoms with van der Waals surface area (Å²) >= 11 is 0. The van der Waals surface area contributed by atoms with Gasteiger partial charge in [-0.25, -0.2) is 0 Å². The van der Waals surface area contributed by atoms with Gasteiger partial charge in [-0.1, -0.05) is 97.1 Å². The first-order chi connectivity index (χ1) is 18.7. The molecular formula is C31H36O7. The zero-order valence-electron chi connectivity index (χ0n) is 21.4. The van der Waals surface area contributed by atoms with Crippen molar-refractivity contribution in [1.29, 1.82) is 0 Å². The Bertz CT molecular complexity index is 1060. The van der Waals surface area contributed by atoms with Crippen LogP contribution >= 0.6 is 0 Å². The number of aliphatic hydroxyl groups excluding tert-OH is 2. The lowest BCUT2D eigenvalue weighted by Gasteiger charge is -2.45. The van der Waals surface area contributed by atoms with Crippen molar-refractivity contribution in [3.8, 4) is 0 Å². The second-order valence-electron chi connectivity index (χ2n) is 9.17. The van der Waals surface area contributed by atoms with Crippen LogP contribution in [0.4, 0.5) is 0 Å². The Hall–Kier alpha value is -2.88. The van der Waals surface area contributed by atoms with Crippen LogP contribution in [0.3, 0.4) is 0 Å². The largest absolute Gasteiger partial charge is 0.388 e. The van der Waals surface area contributed by atoms with E-state index < -0.39 is 36.8 Å². The predicted octanol–water partition coefficient (Wildman–Crippen LogP) is 4.02. The summed E-state index contributed by atoms with van der Waals surface area (Å²) in [5, 5.41) is 22.1. The Kier molecular flexibility index (Phi) is 11.0. The molecule has 6 atom stereocenters. The van der Waals surface area contributed by atoms with E-state index in [4.69, 9.17) is 23.7 Å². The molecule has 7 nitrogen and oxygen atoms in total. The van der Waals surface area contributed by atoms with Crippen LogP contribution in [-0.2, 0) is 43.5 Å². The van der Waals surface area contributed by atoms with Crippen LogP contribution in [0.25, 0.3) is 0 Å². The second-order valence-corrected chi connectivity index (χ2v) is 9.17. The smallest absolute Gasteiger partial charge is 0.184 e. The molecule has 0 aromatic heterocycles. The summed E-state index contributed by atoms with van der Waals surface area (Å²) in [6.07, 6.45) is -4.12. The van der Waals surface area contributed by atoms with Crippen molar-refractivity contribution < 1.29 is 33.9 Å². The van der Waals surface area contributed by atoms with Crippen molar-refractivity contribution in [3.05, 3.63) is 120 Å². The molecule has 4 rings (SSSR count). The van der Waals surface area contributed by atoms with Crippen molar-refractivity contribution >= 4 is 0 Å². The van der Waals surface area contributed by atoms with Gasteiger partial charge in [0.2, 0.25) is 0 Å². The fourth-order valence-electron chi connectivity index (χ4n) is 4.39. The maximum Gasteiger partial charge on any atom is 0.184 e. The molecule has 0 unspecified atom stereocenters. The number of hydrogen-bond donors (Lipinski definition) is 2. The van der Waals surface area contributed by atoms with E-state index in [1.807, 2.05) is 91.0 Å². The minimum atomic E-state index is -1.35. The van der Waals surface area contributed by atoms with Crippen LogP contribution in [-0.4, -0.2) is 60.2 Å². The van der Waals surface area contributed by atoms with Crippen LogP contribution < -0.4 is 0 Å². The normalized spacial score (nSPS) is 24.1. The number of ether oxygens (including phenoxy) is 5. The quantitative estimate of drug-likeness (QED) is 0.245. The van der Waals surface area contributed by atoms with E-state index in [0.717, 1.165) is 16.7 Å². The summed E-state index contributed by atoms with van der Waals surface area (Å²) < 4.78 is 30.4. The minimum absolute atomic E-state index is 0.0183. The predicted molar refractivity (Wildman–Crippen MR) is 143 cm³/mol. The van der Waals surface area contributed by atoms with E-state index in [2.05, 4.69) is 6.58 Å². The van der Waals surface area contributed by atoms with Gasteiger partial charge in [-0.15, -0.1) is 6.58 Å². The molecule has 0 radical (unpaired) electrons. The fraction of sp³-hybridized carbons (Fsp3) is 0.355. The molecule has 7 heteroatoms. The van der Waals surface area contributed by atoms with Gasteiger partial charge >= 0.3 is 0 Å². The average Bonchev–Trinajstić information content (AvgIpc) is 2.96. The molecule has 1 heterocycles. The van der Waals surface area contributed by atoms with Gasteiger partial charge in [-0.3, -0.25) is 0 Å². The summed E-state index contributed by atoms with van der Waals surface area (Å²) in [6.45, 7) is 4.68. The van der Waals surface area contributed by atoms with Crippen molar-refractivity contribution in [3.63, 3.8) is 0 Å². The van der Waals surface area contributed by atoms with Gasteiger partial charge in [0.15, 0.2) is 6.29 Å². The summed E-state index contributed by atoms with van der Waals surface area (Å²) in [4.78, 5) is 0. The molecule has 1 fully saturated rings. The lowest BCUT2D eigenvalue weighted by Crippen LogP contribution is -2.63. The van der Waals surface area contributed by atoms with Gasteiger partial charge < -0.3 is 33.9 Å². The number of rotatable bonds is 14. The van der Waals surface area contributed by atoms with Gasteiger partial charge in [0, 0.05) is 0 Å². The molecule has 1 aliphatic heterocycles. The molecule has 2 N–H and O–H groups in total. The van der Waals surface area contributed by atoms with Crippen molar-refractivity contribution in [2.45, 2.75) is 56.6 Å². The van der Waals surface area contributed by atoms with Crippen molar-refractivity contribution in [2.24, 2.45) is 0 Å². The Balaban J connectivity index is 1.58. The highest BCUT2D eigenvalue weighted by Crippen LogP contribution is 2.31. The third-order valence-corrected chi connectivity index (χ3v) is 6.31. The standard InChI is InChI=1S/C31H36O7/c1-2-18-34-22-26(32)27-28(35-19-23-12-6-3-7-13-23)29(36-20-24-14-8-4-9-15-24)30(31(33)38-27)37-21-25-16-10-5-11-17-25/h2-17,26-33H,1,18-22H2/t26-,27+,28+,29-,30+,31-/m0/s1. The van der Waals surface area contributed by atoms with Crippen molar-refractivity contribution in [2.75, 3.05) is 13.2 Å². The third kappa shape index (κ3) is 8.06. The molecule has 0 amide bonds. The van der Waals surface area contributed by atoms with Gasteiger partial charge in [0.05, 0.1) is 33.0 Å². The molecule has 0 bridgehead atoms. The molecule has 0 saturated carbocycles. The molecule has 0 spiro atoms. The summed E-state index contributed by atoms with van der Waals surface area (Å²) in [7, 11) is 0. The first-order valence-corrected chi connectivity index (χ1v) is 12.8. The van der Waals surface area contributed by atoms with E-state index in [9.17, 15) is 10.2 Å². The molecule has 38 heavy (non-hydrogen) atoms. The lowest BCUT2D eigenvalue weighted by atomic mass is 9.94. The highest BCUT2D eigenvalue weighted by atomic mass is 16.7. The van der Waals surface area contributed by atoms with Crippen LogP contribution in [0, 0.1) is 0 Å². The summed E-state index contributed by atoms with van der Waals surface area (Å²) in [5.41, 5.74) is 2.87. The Morgan fingerprint density at radius 1 is 0.711 bits per heavy atom. The van der Waals surface area contributed by atoms with Crippen LogP contribution in [0.2, 0.25) is 0 Å². The van der Waals surface area contributed by atoms with E-state index in [-0.39, 0.29) is 33.0 Å². The first-order valence-electron chi connectivity index (χ1n) is 12.8. The van der Waals surface area contributed by atoms with Crippen molar-refractivity contribution in [1.82, 2.24) is 0 Å². The SMILES string of the molecule is C=CCOC[C@H](O)[C@H]1O[C@H](O)[C@H](OCc2ccccc2)[C@@H](OCc2ccccc2)[C@@H]1OCc1ccccc1. The van der Waals surface area contributed by atoms with Crippen LogP contribution in [0.5, 0.6) is 0 Å². The summed E-state index contributed by atoms with van der Waals surface area (Å²) in [6, 6.07) is 29.1. The molecule has 3 aromatic rings. The highest BCUT2D eigenvalue weighted by molar-refractivity contribution is 5.15. The Labute approximate surface area is 224 Å². The molecule has 1 saturated heterocycles. The molecule has 0 aliphatic carbocycles. The number of aliphatic hydroxyl groups is 2. The monoisotopic (exact) mass is 520 g/mol. The molecule has 1 aliphatic rings. The van der Waals surface area contributed by atoms with E-state index in [1.54, 1.807) is 6.08 Å². The van der Waals surface area contributed by atoms with Gasteiger partial charge in [-0.2, -0.15) is 0 Å². The average molecular weight is 521 g/mol. The highest BCUT2D eigenvalue weighted by Gasteiger charge is 2.50. The topological polar surface area (TPSA) is 86.6 Å². The van der Waals surface area contributed by atoms with Gasteiger partial charge in [0.1, 0.15) is 30.5 Å². The Morgan fingerprint density at radius 2 is 1.16 bits per heavy atom. The molecule has 3 aromatic carbocycles. The third-order valence-electron chi connectivity index (χ3n) is 6.31. The van der Waals surface area contributed by atoms with E-state index >= 15 is 0 Å². The first kappa shape index (κ1) is 28.1. The van der Waals surface area contributed by atoms with E-state index in [1.165, 1.54) is 0 Å². The molecule has 202 valence electrons. The second kappa shape index (κ2) is 14.9. The maximum atomic E-state index is 11.1. The number of hydrogen-bond acceptors (Lipinski definition) is 7. The van der Waals surface area contributed by atoms with E-state index in [0.29, 0.717) is 0 Å². The fourth-order valence-corrected chi connectivity index (χ4v) is 4.39. The minimum Gasteiger partial charge on any atom is -0.388 e. The maximum absolute atomic E-state index is 11.1. The lowest BCUT2D eigenvalue weighted by molar-refractivity contribution is -0.325.